The van der Waals surface area contributed by atoms with Gasteiger partial charge in [-0.25, -0.2) is 0 Å². The summed E-state index contributed by atoms with van der Waals surface area (Å²) in [6, 6.07) is 19.1. The minimum Gasteiger partial charge on any atom is -0.349 e. The van der Waals surface area contributed by atoms with E-state index in [1.165, 1.54) is 11.1 Å². The molecule has 1 saturated heterocycles. The van der Waals surface area contributed by atoms with Gasteiger partial charge >= 0.3 is 0 Å². The van der Waals surface area contributed by atoms with E-state index in [0.29, 0.717) is 0 Å². The van der Waals surface area contributed by atoms with Gasteiger partial charge in [-0.15, -0.1) is 0 Å². The monoisotopic (exact) mass is 311 g/mol. The van der Waals surface area contributed by atoms with Crippen LogP contribution in [0.15, 0.2) is 54.6 Å². The lowest BCUT2D eigenvalue weighted by atomic mass is 10.1. The molecule has 22 heavy (non-hydrogen) atoms. The van der Waals surface area contributed by atoms with Crippen LogP contribution in [-0.2, 0) is 6.42 Å². The maximum Gasteiger partial charge on any atom is 0.175 e. The third kappa shape index (κ3) is 3.64. The molecule has 0 amide bonds. The topological polar surface area (TPSA) is 18.5 Å². The molecule has 1 heterocycles. The lowest BCUT2D eigenvalue weighted by Gasteiger charge is -2.38. The molecular formula is C18H21N3S. The Morgan fingerprint density at radius 2 is 1.77 bits per heavy atom. The van der Waals surface area contributed by atoms with Crippen LogP contribution < -0.4 is 10.2 Å². The molecule has 1 N–H and O–H groups in total. The van der Waals surface area contributed by atoms with Crippen LogP contribution >= 0.6 is 12.2 Å². The van der Waals surface area contributed by atoms with E-state index < -0.39 is 0 Å². The zero-order chi connectivity index (χ0) is 15.4. The van der Waals surface area contributed by atoms with Gasteiger partial charge in [-0.3, -0.25) is 4.90 Å². The molecule has 3 rings (SSSR count). The van der Waals surface area contributed by atoms with Gasteiger partial charge in [0.05, 0.1) is 13.3 Å². The number of nitrogens with one attached hydrogen (secondary N) is 1. The molecule has 0 aromatic heterocycles. The Morgan fingerprint density at radius 3 is 2.50 bits per heavy atom. The van der Waals surface area contributed by atoms with E-state index in [4.69, 9.17) is 12.2 Å². The molecule has 0 bridgehead atoms. The SMILES string of the molecule is Cc1ccc(N2CN(CCc3ccccc3)CNC2=S)cc1. The van der Waals surface area contributed by atoms with E-state index in [1.807, 2.05) is 0 Å². The van der Waals surface area contributed by atoms with Gasteiger partial charge in [0.15, 0.2) is 5.11 Å². The van der Waals surface area contributed by atoms with Gasteiger partial charge in [0.1, 0.15) is 0 Å². The molecule has 0 atom stereocenters. The third-order valence-corrected chi connectivity index (χ3v) is 4.31. The quantitative estimate of drug-likeness (QED) is 0.874. The van der Waals surface area contributed by atoms with Crippen LogP contribution in [0.1, 0.15) is 11.1 Å². The van der Waals surface area contributed by atoms with Gasteiger partial charge in [0.2, 0.25) is 0 Å². The Kier molecular flexibility index (Phi) is 4.71. The molecule has 0 radical (unpaired) electrons. The second kappa shape index (κ2) is 6.90. The average molecular weight is 311 g/mol. The molecule has 2 aromatic carbocycles. The molecule has 1 fully saturated rings. The van der Waals surface area contributed by atoms with Crippen LogP contribution in [-0.4, -0.2) is 29.9 Å². The highest BCUT2D eigenvalue weighted by Gasteiger charge is 2.21. The predicted molar refractivity (Wildman–Crippen MR) is 96.0 cm³/mol. The largest absolute Gasteiger partial charge is 0.349 e. The van der Waals surface area contributed by atoms with Gasteiger partial charge in [-0.2, -0.15) is 0 Å². The fraction of sp³-hybridized carbons (Fsp3) is 0.278. The second-order valence-corrected chi connectivity index (χ2v) is 6.06. The number of hydrogen-bond acceptors (Lipinski definition) is 2. The van der Waals surface area contributed by atoms with Crippen molar-refractivity contribution >= 4 is 23.0 Å². The summed E-state index contributed by atoms with van der Waals surface area (Å²) in [7, 11) is 0. The Balaban J connectivity index is 1.63. The van der Waals surface area contributed by atoms with Crippen LogP contribution in [0.2, 0.25) is 0 Å². The van der Waals surface area contributed by atoms with E-state index in [0.717, 1.165) is 37.1 Å². The number of aryl methyl sites for hydroxylation is 1. The Bertz CT molecular complexity index is 625. The van der Waals surface area contributed by atoms with Crippen molar-refractivity contribution in [3.63, 3.8) is 0 Å². The fourth-order valence-corrected chi connectivity index (χ4v) is 2.82. The van der Waals surface area contributed by atoms with Gasteiger partial charge in [0, 0.05) is 12.2 Å². The minimum absolute atomic E-state index is 0.805. The van der Waals surface area contributed by atoms with Gasteiger partial charge in [-0.1, -0.05) is 48.0 Å². The van der Waals surface area contributed by atoms with Crippen LogP contribution in [0, 0.1) is 6.92 Å². The lowest BCUT2D eigenvalue weighted by Crippen LogP contribution is -2.56. The molecule has 2 aromatic rings. The number of anilines is 1. The van der Waals surface area contributed by atoms with Crippen LogP contribution in [0.5, 0.6) is 0 Å². The smallest absolute Gasteiger partial charge is 0.175 e. The summed E-state index contributed by atoms with van der Waals surface area (Å²) in [6.45, 7) is 4.76. The molecule has 0 spiro atoms. The van der Waals surface area contributed by atoms with Crippen LogP contribution in [0.4, 0.5) is 5.69 Å². The van der Waals surface area contributed by atoms with Crippen LogP contribution in [0.25, 0.3) is 0 Å². The predicted octanol–water partition coefficient (Wildman–Crippen LogP) is 3.15. The molecule has 0 saturated carbocycles. The Morgan fingerprint density at radius 1 is 1.05 bits per heavy atom. The highest BCUT2D eigenvalue weighted by molar-refractivity contribution is 7.80. The number of benzene rings is 2. The van der Waals surface area contributed by atoms with Crippen molar-refractivity contribution < 1.29 is 0 Å². The molecule has 0 aliphatic carbocycles. The van der Waals surface area contributed by atoms with Crippen molar-refractivity contribution in [1.29, 1.82) is 0 Å². The van der Waals surface area contributed by atoms with E-state index in [2.05, 4.69) is 76.6 Å². The van der Waals surface area contributed by atoms with Crippen molar-refractivity contribution in [3.05, 3.63) is 65.7 Å². The molecule has 4 heteroatoms. The Labute approximate surface area is 137 Å². The van der Waals surface area contributed by atoms with Crippen molar-refractivity contribution in [2.45, 2.75) is 13.3 Å². The van der Waals surface area contributed by atoms with Crippen molar-refractivity contribution in [2.24, 2.45) is 0 Å². The molecular weight excluding hydrogens is 290 g/mol. The normalized spacial score (nSPS) is 15.7. The van der Waals surface area contributed by atoms with Crippen molar-refractivity contribution in [1.82, 2.24) is 10.2 Å². The average Bonchev–Trinajstić information content (AvgIpc) is 2.56. The van der Waals surface area contributed by atoms with Gasteiger partial charge in [-0.05, 0) is 43.3 Å². The molecule has 1 aliphatic heterocycles. The molecule has 3 nitrogen and oxygen atoms in total. The second-order valence-electron chi connectivity index (χ2n) is 5.68. The zero-order valence-electron chi connectivity index (χ0n) is 12.8. The fourth-order valence-electron chi connectivity index (χ4n) is 2.59. The van der Waals surface area contributed by atoms with Crippen LogP contribution in [0.3, 0.4) is 0 Å². The van der Waals surface area contributed by atoms with Gasteiger partial charge in [0.25, 0.3) is 0 Å². The van der Waals surface area contributed by atoms with E-state index in [-0.39, 0.29) is 0 Å². The van der Waals surface area contributed by atoms with E-state index in [9.17, 15) is 0 Å². The standard InChI is InChI=1S/C18H21N3S/c1-15-7-9-17(10-8-15)21-14-20(13-19-18(21)22)12-11-16-5-3-2-4-6-16/h2-10H,11-14H2,1H3,(H,19,22). The zero-order valence-corrected chi connectivity index (χ0v) is 13.6. The number of hydrogen-bond donors (Lipinski definition) is 1. The highest BCUT2D eigenvalue weighted by Crippen LogP contribution is 2.18. The molecule has 1 aliphatic rings. The van der Waals surface area contributed by atoms with Crippen molar-refractivity contribution in [3.8, 4) is 0 Å². The summed E-state index contributed by atoms with van der Waals surface area (Å²) in [4.78, 5) is 4.53. The van der Waals surface area contributed by atoms with E-state index >= 15 is 0 Å². The molecule has 114 valence electrons. The van der Waals surface area contributed by atoms with Crippen molar-refractivity contribution in [2.75, 3.05) is 24.8 Å². The Hall–Kier alpha value is -1.91. The number of thiocarbonyl (C=S) groups is 1. The minimum atomic E-state index is 0.805. The van der Waals surface area contributed by atoms with Gasteiger partial charge < -0.3 is 10.2 Å². The highest BCUT2D eigenvalue weighted by atomic mass is 32.1. The van der Waals surface area contributed by atoms with E-state index in [1.54, 1.807) is 0 Å². The first kappa shape index (κ1) is 15.0. The summed E-state index contributed by atoms with van der Waals surface area (Å²) in [5, 5.41) is 4.12. The summed E-state index contributed by atoms with van der Waals surface area (Å²) in [5.74, 6) is 0. The summed E-state index contributed by atoms with van der Waals surface area (Å²) < 4.78 is 0. The lowest BCUT2D eigenvalue weighted by molar-refractivity contribution is 0.264. The number of rotatable bonds is 4. The summed E-state index contributed by atoms with van der Waals surface area (Å²) in [6.07, 6.45) is 1.05. The summed E-state index contributed by atoms with van der Waals surface area (Å²) in [5.41, 5.74) is 3.78. The third-order valence-electron chi connectivity index (χ3n) is 3.95. The maximum absolute atomic E-state index is 5.46. The first-order chi connectivity index (χ1) is 10.7. The maximum atomic E-state index is 5.46. The summed E-state index contributed by atoms with van der Waals surface area (Å²) >= 11 is 5.46. The number of nitrogens with zero attached hydrogens (tertiary/aromatic N) is 2. The first-order valence-electron chi connectivity index (χ1n) is 7.61. The molecule has 0 unspecified atom stereocenters. The first-order valence-corrected chi connectivity index (χ1v) is 8.01.